The van der Waals surface area contributed by atoms with Crippen LogP contribution in [0.2, 0.25) is 0 Å². The summed E-state index contributed by atoms with van der Waals surface area (Å²) in [5.74, 6) is -0.200. The monoisotopic (exact) mass is 296 g/mol. The fourth-order valence-electron chi connectivity index (χ4n) is 2.73. The molecule has 5 heteroatoms. The molecule has 1 amide bonds. The van der Waals surface area contributed by atoms with E-state index in [1.54, 1.807) is 24.5 Å². The van der Waals surface area contributed by atoms with Gasteiger partial charge < -0.3 is 11.1 Å². The molecule has 1 saturated heterocycles. The predicted octanol–water partition coefficient (Wildman–Crippen LogP) is 2.51. The number of hydrogen-bond donors (Lipinski definition) is 2. The Balaban J connectivity index is 1.75. The molecule has 0 unspecified atom stereocenters. The molecular formula is C17H20N4O. The van der Waals surface area contributed by atoms with Gasteiger partial charge in [-0.05, 0) is 55.8 Å². The number of carbonyl (C=O) groups excluding carboxylic acids is 1. The first kappa shape index (κ1) is 14.5. The molecule has 5 nitrogen and oxygen atoms in total. The summed E-state index contributed by atoms with van der Waals surface area (Å²) in [5.41, 5.74) is 8.75. The number of aromatic nitrogens is 1. The van der Waals surface area contributed by atoms with Crippen molar-refractivity contribution in [1.82, 2.24) is 9.88 Å². The molecule has 0 radical (unpaired) electrons. The van der Waals surface area contributed by atoms with Crippen molar-refractivity contribution in [3.05, 3.63) is 53.9 Å². The van der Waals surface area contributed by atoms with E-state index in [2.05, 4.69) is 15.2 Å². The number of anilines is 2. The third kappa shape index (κ3) is 3.43. The minimum Gasteiger partial charge on any atom is -0.398 e. The van der Waals surface area contributed by atoms with Gasteiger partial charge in [-0.1, -0.05) is 6.07 Å². The molecule has 0 atom stereocenters. The highest BCUT2D eigenvalue weighted by Crippen LogP contribution is 2.19. The highest BCUT2D eigenvalue weighted by atomic mass is 16.1. The molecule has 0 aliphatic carbocycles. The quantitative estimate of drug-likeness (QED) is 0.850. The van der Waals surface area contributed by atoms with Gasteiger partial charge in [0.05, 0.1) is 17.4 Å². The Bertz CT molecular complexity index is 651. The Labute approximate surface area is 130 Å². The SMILES string of the molecule is Nc1ccc(CN2CCCC2)cc1C(=O)Nc1cccnc1. The Morgan fingerprint density at radius 2 is 2.09 bits per heavy atom. The van der Waals surface area contributed by atoms with Gasteiger partial charge in [0.2, 0.25) is 0 Å². The van der Waals surface area contributed by atoms with Gasteiger partial charge in [0.15, 0.2) is 0 Å². The Morgan fingerprint density at radius 1 is 1.27 bits per heavy atom. The average Bonchev–Trinajstić information content (AvgIpc) is 3.03. The van der Waals surface area contributed by atoms with Crippen LogP contribution in [-0.4, -0.2) is 28.9 Å². The molecule has 0 bridgehead atoms. The van der Waals surface area contributed by atoms with Crippen LogP contribution < -0.4 is 11.1 Å². The summed E-state index contributed by atoms with van der Waals surface area (Å²) in [6.45, 7) is 3.12. The lowest BCUT2D eigenvalue weighted by Gasteiger charge is -2.16. The van der Waals surface area contributed by atoms with E-state index in [4.69, 9.17) is 5.73 Å². The number of hydrogen-bond acceptors (Lipinski definition) is 4. The lowest BCUT2D eigenvalue weighted by molar-refractivity contribution is 0.102. The van der Waals surface area contributed by atoms with E-state index in [0.717, 1.165) is 25.2 Å². The van der Waals surface area contributed by atoms with Crippen molar-refractivity contribution in [2.45, 2.75) is 19.4 Å². The third-order valence-corrected chi connectivity index (χ3v) is 3.89. The maximum Gasteiger partial charge on any atom is 0.257 e. The second kappa shape index (κ2) is 6.58. The van der Waals surface area contributed by atoms with Gasteiger partial charge in [-0.25, -0.2) is 0 Å². The smallest absolute Gasteiger partial charge is 0.257 e. The maximum atomic E-state index is 12.4. The lowest BCUT2D eigenvalue weighted by Crippen LogP contribution is -2.19. The van der Waals surface area contributed by atoms with Crippen LogP contribution in [0, 0.1) is 0 Å². The van der Waals surface area contributed by atoms with Crippen molar-refractivity contribution in [2.24, 2.45) is 0 Å². The first-order valence-corrected chi connectivity index (χ1v) is 7.54. The van der Waals surface area contributed by atoms with Crippen molar-refractivity contribution < 1.29 is 4.79 Å². The number of amides is 1. The normalized spacial score (nSPS) is 14.9. The summed E-state index contributed by atoms with van der Waals surface area (Å²) in [5, 5.41) is 2.82. The summed E-state index contributed by atoms with van der Waals surface area (Å²) in [6.07, 6.45) is 5.79. The number of carbonyl (C=O) groups is 1. The molecule has 1 aliphatic rings. The highest BCUT2D eigenvalue weighted by molar-refractivity contribution is 6.07. The van der Waals surface area contributed by atoms with E-state index in [1.165, 1.54) is 12.8 Å². The molecule has 1 fully saturated rings. The van der Waals surface area contributed by atoms with Crippen LogP contribution >= 0.6 is 0 Å². The van der Waals surface area contributed by atoms with Gasteiger partial charge in [0.1, 0.15) is 0 Å². The summed E-state index contributed by atoms with van der Waals surface area (Å²) in [7, 11) is 0. The van der Waals surface area contributed by atoms with E-state index < -0.39 is 0 Å². The number of nitrogens with zero attached hydrogens (tertiary/aromatic N) is 2. The van der Waals surface area contributed by atoms with Crippen molar-refractivity contribution in [3.8, 4) is 0 Å². The molecule has 0 saturated carbocycles. The van der Waals surface area contributed by atoms with Crippen molar-refractivity contribution in [3.63, 3.8) is 0 Å². The molecule has 1 aliphatic heterocycles. The fourth-order valence-corrected chi connectivity index (χ4v) is 2.73. The summed E-state index contributed by atoms with van der Waals surface area (Å²) in [4.78, 5) is 18.8. The molecule has 2 heterocycles. The minimum atomic E-state index is -0.200. The zero-order valence-electron chi connectivity index (χ0n) is 12.5. The fraction of sp³-hybridized carbons (Fsp3) is 0.294. The largest absolute Gasteiger partial charge is 0.398 e. The average molecular weight is 296 g/mol. The van der Waals surface area contributed by atoms with Crippen molar-refractivity contribution >= 4 is 17.3 Å². The van der Waals surface area contributed by atoms with E-state index in [1.807, 2.05) is 18.2 Å². The third-order valence-electron chi connectivity index (χ3n) is 3.89. The number of nitrogens with two attached hydrogens (primary N) is 1. The van der Waals surface area contributed by atoms with E-state index in [9.17, 15) is 4.79 Å². The molecule has 114 valence electrons. The lowest BCUT2D eigenvalue weighted by atomic mass is 10.1. The standard InChI is InChI=1S/C17H20N4O/c18-16-6-5-13(12-21-8-1-2-9-21)10-15(16)17(22)20-14-4-3-7-19-11-14/h3-7,10-11H,1-2,8-9,12,18H2,(H,20,22). The van der Waals surface area contributed by atoms with E-state index in [-0.39, 0.29) is 5.91 Å². The molecule has 0 spiro atoms. The molecular weight excluding hydrogens is 276 g/mol. The molecule has 3 rings (SSSR count). The van der Waals surface area contributed by atoms with Crippen molar-refractivity contribution in [2.75, 3.05) is 24.1 Å². The molecule has 2 aromatic rings. The van der Waals surface area contributed by atoms with Gasteiger partial charge in [0, 0.05) is 18.4 Å². The Kier molecular flexibility index (Phi) is 4.34. The Hall–Kier alpha value is -2.40. The van der Waals surface area contributed by atoms with E-state index >= 15 is 0 Å². The number of nitrogens with one attached hydrogen (secondary N) is 1. The molecule has 1 aromatic heterocycles. The number of nitrogen functional groups attached to an aromatic ring is 1. The zero-order valence-corrected chi connectivity index (χ0v) is 12.5. The van der Waals surface area contributed by atoms with E-state index in [0.29, 0.717) is 16.9 Å². The minimum absolute atomic E-state index is 0.200. The Morgan fingerprint density at radius 3 is 2.82 bits per heavy atom. The maximum absolute atomic E-state index is 12.4. The highest BCUT2D eigenvalue weighted by Gasteiger charge is 2.15. The molecule has 1 aromatic carbocycles. The predicted molar refractivity (Wildman–Crippen MR) is 87.6 cm³/mol. The van der Waals surface area contributed by atoms with Gasteiger partial charge in [0.25, 0.3) is 5.91 Å². The van der Waals surface area contributed by atoms with Gasteiger partial charge in [-0.3, -0.25) is 14.7 Å². The van der Waals surface area contributed by atoms with Crippen LogP contribution in [0.3, 0.4) is 0 Å². The summed E-state index contributed by atoms with van der Waals surface area (Å²) < 4.78 is 0. The van der Waals surface area contributed by atoms with Gasteiger partial charge >= 0.3 is 0 Å². The van der Waals surface area contributed by atoms with Crippen LogP contribution in [0.25, 0.3) is 0 Å². The number of benzene rings is 1. The van der Waals surface area contributed by atoms with Gasteiger partial charge in [-0.15, -0.1) is 0 Å². The zero-order chi connectivity index (χ0) is 15.4. The molecule has 3 N–H and O–H groups in total. The second-order valence-corrected chi connectivity index (χ2v) is 5.60. The van der Waals surface area contributed by atoms with Crippen LogP contribution in [0.15, 0.2) is 42.7 Å². The van der Waals surface area contributed by atoms with Gasteiger partial charge in [-0.2, -0.15) is 0 Å². The topological polar surface area (TPSA) is 71.2 Å². The van der Waals surface area contributed by atoms with Crippen LogP contribution in [0.5, 0.6) is 0 Å². The molecule has 22 heavy (non-hydrogen) atoms. The van der Waals surface area contributed by atoms with Crippen LogP contribution in [0.4, 0.5) is 11.4 Å². The number of pyridine rings is 1. The van der Waals surface area contributed by atoms with Crippen molar-refractivity contribution in [1.29, 1.82) is 0 Å². The first-order valence-electron chi connectivity index (χ1n) is 7.54. The van der Waals surface area contributed by atoms with Crippen LogP contribution in [-0.2, 0) is 6.54 Å². The first-order chi connectivity index (χ1) is 10.7. The van der Waals surface area contributed by atoms with Crippen LogP contribution in [0.1, 0.15) is 28.8 Å². The second-order valence-electron chi connectivity index (χ2n) is 5.60. The number of rotatable bonds is 4. The summed E-state index contributed by atoms with van der Waals surface area (Å²) in [6, 6.07) is 9.27. The summed E-state index contributed by atoms with van der Waals surface area (Å²) >= 11 is 0. The number of likely N-dealkylation sites (tertiary alicyclic amines) is 1.